The van der Waals surface area contributed by atoms with Crippen LogP contribution in [0.15, 0.2) is 18.2 Å². The summed E-state index contributed by atoms with van der Waals surface area (Å²) < 4.78 is 38.5. The lowest BCUT2D eigenvalue weighted by molar-refractivity contribution is -0.216. The molecule has 2 fully saturated rings. The van der Waals surface area contributed by atoms with Crippen molar-refractivity contribution in [2.24, 2.45) is 23.7 Å². The Labute approximate surface area is 149 Å². The molecule has 140 valence electrons. The van der Waals surface area contributed by atoms with Crippen LogP contribution < -0.4 is 0 Å². The van der Waals surface area contributed by atoms with Gasteiger partial charge in [0, 0.05) is 17.5 Å². The van der Waals surface area contributed by atoms with Gasteiger partial charge in [-0.1, -0.05) is 39.5 Å². The second kappa shape index (κ2) is 8.59. The summed E-state index contributed by atoms with van der Waals surface area (Å²) in [7, 11) is 0. The van der Waals surface area contributed by atoms with Gasteiger partial charge < -0.3 is 9.47 Å². The van der Waals surface area contributed by atoms with Crippen LogP contribution in [0.2, 0.25) is 0 Å². The lowest BCUT2D eigenvalue weighted by Gasteiger charge is -2.39. The van der Waals surface area contributed by atoms with Crippen LogP contribution in [0.5, 0.6) is 0 Å². The largest absolute Gasteiger partial charge is 0.348 e. The summed E-state index contributed by atoms with van der Waals surface area (Å²) in [5.74, 6) is 1.38. The molecular formula is C21H30F2O2. The van der Waals surface area contributed by atoms with Crippen LogP contribution in [0.1, 0.15) is 64.2 Å². The maximum absolute atomic E-state index is 13.9. The first-order chi connectivity index (χ1) is 12.1. The van der Waals surface area contributed by atoms with E-state index in [0.717, 1.165) is 17.9 Å². The van der Waals surface area contributed by atoms with Gasteiger partial charge in [0.25, 0.3) is 0 Å². The number of ether oxygens (including phenoxy) is 2. The Hall–Kier alpha value is -1.00. The van der Waals surface area contributed by atoms with Crippen LogP contribution >= 0.6 is 0 Å². The lowest BCUT2D eigenvalue weighted by atomic mass is 9.71. The fourth-order valence-corrected chi connectivity index (χ4v) is 4.49. The molecule has 1 aromatic carbocycles. The van der Waals surface area contributed by atoms with Crippen molar-refractivity contribution in [3.05, 3.63) is 35.4 Å². The highest BCUT2D eigenvalue weighted by atomic mass is 19.1. The average Bonchev–Trinajstić information content (AvgIpc) is 2.62. The quantitative estimate of drug-likeness (QED) is 0.660. The molecule has 25 heavy (non-hydrogen) atoms. The minimum atomic E-state index is -0.718. The Kier molecular flexibility index (Phi) is 6.45. The van der Waals surface area contributed by atoms with Crippen molar-refractivity contribution in [3.63, 3.8) is 0 Å². The number of benzene rings is 1. The second-order valence-corrected chi connectivity index (χ2v) is 7.85. The van der Waals surface area contributed by atoms with E-state index in [1.165, 1.54) is 50.7 Å². The third-order valence-corrected chi connectivity index (χ3v) is 6.22. The number of hydrogen-bond donors (Lipinski definition) is 0. The highest BCUT2D eigenvalue weighted by Crippen LogP contribution is 2.40. The van der Waals surface area contributed by atoms with Gasteiger partial charge in [0.05, 0.1) is 13.2 Å². The monoisotopic (exact) mass is 352 g/mol. The summed E-state index contributed by atoms with van der Waals surface area (Å²) in [6, 6.07) is 3.54. The van der Waals surface area contributed by atoms with Crippen molar-refractivity contribution < 1.29 is 18.3 Å². The molecule has 1 atom stereocenters. The fraction of sp³-hybridized carbons (Fsp3) is 0.714. The van der Waals surface area contributed by atoms with Gasteiger partial charge in [-0.05, 0) is 42.7 Å². The zero-order chi connectivity index (χ0) is 17.8. The first-order valence-corrected chi connectivity index (χ1v) is 9.76. The summed E-state index contributed by atoms with van der Waals surface area (Å²) in [4.78, 5) is 0. The molecule has 1 aliphatic heterocycles. The van der Waals surface area contributed by atoms with Crippen molar-refractivity contribution in [2.75, 3.05) is 13.2 Å². The van der Waals surface area contributed by atoms with E-state index >= 15 is 0 Å². The highest BCUT2D eigenvalue weighted by molar-refractivity contribution is 5.20. The van der Waals surface area contributed by atoms with Gasteiger partial charge in [-0.25, -0.2) is 8.78 Å². The minimum absolute atomic E-state index is 0.285. The van der Waals surface area contributed by atoms with Crippen LogP contribution in [0.3, 0.4) is 0 Å². The molecule has 3 rings (SSSR count). The zero-order valence-electron chi connectivity index (χ0n) is 15.3. The van der Waals surface area contributed by atoms with E-state index < -0.39 is 17.9 Å². The molecular weight excluding hydrogens is 322 g/mol. The van der Waals surface area contributed by atoms with E-state index in [-0.39, 0.29) is 5.56 Å². The number of hydrogen-bond acceptors (Lipinski definition) is 2. The van der Waals surface area contributed by atoms with Gasteiger partial charge in [-0.15, -0.1) is 0 Å². The van der Waals surface area contributed by atoms with Gasteiger partial charge in [0.2, 0.25) is 0 Å². The number of rotatable bonds is 5. The van der Waals surface area contributed by atoms with E-state index in [0.29, 0.717) is 25.0 Å². The Bertz CT molecular complexity index is 547. The first-order valence-electron chi connectivity index (χ1n) is 9.76. The molecule has 0 aromatic heterocycles. The van der Waals surface area contributed by atoms with Crippen LogP contribution in [0, 0.1) is 35.3 Å². The SMILES string of the molecule is CCCC1CCC(C(C)C2COC(c3ccc(F)cc3F)OC2)CC1. The van der Waals surface area contributed by atoms with Crippen LogP contribution in [0.25, 0.3) is 0 Å². The Morgan fingerprint density at radius 2 is 1.72 bits per heavy atom. The molecule has 1 aliphatic carbocycles. The molecule has 1 heterocycles. The molecule has 2 nitrogen and oxygen atoms in total. The second-order valence-electron chi connectivity index (χ2n) is 7.85. The molecule has 0 spiro atoms. The van der Waals surface area contributed by atoms with Crippen molar-refractivity contribution in [3.8, 4) is 0 Å². The molecule has 1 saturated heterocycles. The summed E-state index contributed by atoms with van der Waals surface area (Å²) >= 11 is 0. The Balaban J connectivity index is 1.50. The third-order valence-electron chi connectivity index (χ3n) is 6.22. The van der Waals surface area contributed by atoms with Crippen molar-refractivity contribution in [2.45, 2.75) is 58.7 Å². The van der Waals surface area contributed by atoms with Crippen molar-refractivity contribution in [1.82, 2.24) is 0 Å². The summed E-state index contributed by atoms with van der Waals surface area (Å²) in [6.45, 7) is 5.74. The maximum atomic E-state index is 13.9. The van der Waals surface area contributed by atoms with Gasteiger partial charge in [0.15, 0.2) is 6.29 Å². The van der Waals surface area contributed by atoms with Crippen LogP contribution in [-0.2, 0) is 9.47 Å². The van der Waals surface area contributed by atoms with E-state index in [1.807, 2.05) is 0 Å². The standard InChI is InChI=1S/C21H30F2O2/c1-3-4-15-5-7-16(8-6-15)14(2)17-12-24-21(25-13-17)19-10-9-18(22)11-20(19)23/h9-11,14-17,21H,3-8,12-13H2,1-2H3. The molecule has 4 heteroatoms. The molecule has 1 aromatic rings. The van der Waals surface area contributed by atoms with E-state index in [1.54, 1.807) is 0 Å². The topological polar surface area (TPSA) is 18.5 Å². The number of halogens is 2. The van der Waals surface area contributed by atoms with Crippen LogP contribution in [-0.4, -0.2) is 13.2 Å². The zero-order valence-corrected chi connectivity index (χ0v) is 15.3. The third kappa shape index (κ3) is 4.59. The Morgan fingerprint density at radius 3 is 2.32 bits per heavy atom. The lowest BCUT2D eigenvalue weighted by Crippen LogP contribution is -2.35. The summed E-state index contributed by atoms with van der Waals surface area (Å²) in [5, 5.41) is 0. The molecule has 0 N–H and O–H groups in total. The van der Waals surface area contributed by atoms with Gasteiger partial charge in [-0.3, -0.25) is 0 Å². The normalized spacial score (nSPS) is 31.7. The summed E-state index contributed by atoms with van der Waals surface area (Å²) in [5.41, 5.74) is 0.285. The molecule has 1 unspecified atom stereocenters. The highest BCUT2D eigenvalue weighted by Gasteiger charge is 2.34. The van der Waals surface area contributed by atoms with Crippen molar-refractivity contribution in [1.29, 1.82) is 0 Å². The van der Waals surface area contributed by atoms with Gasteiger partial charge >= 0.3 is 0 Å². The molecule has 0 bridgehead atoms. The average molecular weight is 352 g/mol. The predicted molar refractivity (Wildman–Crippen MR) is 94.0 cm³/mol. The smallest absolute Gasteiger partial charge is 0.186 e. The van der Waals surface area contributed by atoms with Crippen LogP contribution in [0.4, 0.5) is 8.78 Å². The predicted octanol–water partition coefficient (Wildman–Crippen LogP) is 5.87. The molecule has 1 saturated carbocycles. The van der Waals surface area contributed by atoms with Crippen molar-refractivity contribution >= 4 is 0 Å². The summed E-state index contributed by atoms with van der Waals surface area (Å²) in [6.07, 6.45) is 7.24. The Morgan fingerprint density at radius 1 is 1.04 bits per heavy atom. The minimum Gasteiger partial charge on any atom is -0.348 e. The molecule has 0 radical (unpaired) electrons. The first kappa shape index (κ1) is 18.8. The van der Waals surface area contributed by atoms with Gasteiger partial charge in [-0.2, -0.15) is 0 Å². The molecule has 2 aliphatic rings. The van der Waals surface area contributed by atoms with E-state index in [4.69, 9.17) is 9.47 Å². The fourth-order valence-electron chi connectivity index (χ4n) is 4.49. The maximum Gasteiger partial charge on any atom is 0.186 e. The van der Waals surface area contributed by atoms with Gasteiger partial charge in [0.1, 0.15) is 11.6 Å². The molecule has 0 amide bonds. The van der Waals surface area contributed by atoms with E-state index in [9.17, 15) is 8.78 Å². The van der Waals surface area contributed by atoms with E-state index in [2.05, 4.69) is 13.8 Å².